The fourth-order valence-electron chi connectivity index (χ4n) is 3.19. The number of rotatable bonds is 0. The first-order valence-corrected chi connectivity index (χ1v) is 7.73. The fourth-order valence-corrected chi connectivity index (χ4v) is 3.19. The van der Waals surface area contributed by atoms with Crippen molar-refractivity contribution in [2.45, 2.75) is 12.8 Å². The van der Waals surface area contributed by atoms with Gasteiger partial charge >= 0.3 is 0 Å². The van der Waals surface area contributed by atoms with Crippen molar-refractivity contribution in [1.29, 1.82) is 0 Å². The molecule has 0 saturated carbocycles. The number of nitrogens with zero attached hydrogens (tertiary/aromatic N) is 2. The Morgan fingerprint density at radius 1 is 0.750 bits per heavy atom. The lowest BCUT2D eigenvalue weighted by atomic mass is 9.99. The lowest BCUT2D eigenvalue weighted by molar-refractivity contribution is 0.466. The van der Waals surface area contributed by atoms with Gasteiger partial charge in [0.2, 0.25) is 0 Å². The second kappa shape index (κ2) is 5.40. The maximum atomic E-state index is 14.6. The normalized spacial score (nSPS) is 14.6. The van der Waals surface area contributed by atoms with Crippen molar-refractivity contribution in [3.05, 3.63) is 46.6 Å². The van der Waals surface area contributed by atoms with E-state index in [2.05, 4.69) is 9.98 Å². The van der Waals surface area contributed by atoms with Crippen molar-refractivity contribution in [3.8, 4) is 11.5 Å². The van der Waals surface area contributed by atoms with E-state index in [0.717, 1.165) is 12.8 Å². The highest BCUT2D eigenvalue weighted by molar-refractivity contribution is 6.10. The topological polar surface area (TPSA) is 65.2 Å². The molecule has 4 rings (SSSR count). The summed E-state index contributed by atoms with van der Waals surface area (Å²) < 4.78 is 29.2. The number of phenolic OH excluding ortho intramolecular Hbond substituents is 2. The number of halogens is 2. The maximum absolute atomic E-state index is 14.6. The van der Waals surface area contributed by atoms with Crippen molar-refractivity contribution in [2.75, 3.05) is 13.1 Å². The van der Waals surface area contributed by atoms with Crippen molar-refractivity contribution < 1.29 is 19.0 Å². The molecule has 0 fully saturated rings. The summed E-state index contributed by atoms with van der Waals surface area (Å²) in [6, 6.07) is 6.49. The standard InChI is InChI=1S/C18H14F2N2O2/c19-13-11-12(15-16(14(13)20)22-8-4-3-7-21-15)18(24)10-6-2-1-5-9(10)17(11)23/h1-2,5-6,23-24H,3-4,7-8H2. The smallest absolute Gasteiger partial charge is 0.186 e. The summed E-state index contributed by atoms with van der Waals surface area (Å²) in [5.41, 5.74) is 0. The van der Waals surface area contributed by atoms with E-state index in [1.807, 2.05) is 0 Å². The van der Waals surface area contributed by atoms with Crippen LogP contribution in [0.15, 0.2) is 34.3 Å². The Hall–Kier alpha value is -2.76. The molecular weight excluding hydrogens is 314 g/mol. The molecule has 2 N–H and O–H groups in total. The van der Waals surface area contributed by atoms with Crippen molar-refractivity contribution in [1.82, 2.24) is 0 Å². The molecule has 6 heteroatoms. The summed E-state index contributed by atoms with van der Waals surface area (Å²) in [6.45, 7) is 0.792. The molecule has 4 nitrogen and oxygen atoms in total. The number of aromatic hydroxyl groups is 2. The van der Waals surface area contributed by atoms with Crippen LogP contribution in [0.1, 0.15) is 12.8 Å². The van der Waals surface area contributed by atoms with Crippen LogP contribution >= 0.6 is 0 Å². The SMILES string of the molecule is Oc1c2ccccc2c(O)c2c3c(c(F)c(F)c12)=NCCCCN=3. The third kappa shape index (κ3) is 1.95. The number of hydrogen-bond donors (Lipinski definition) is 2. The Morgan fingerprint density at radius 2 is 1.29 bits per heavy atom. The van der Waals surface area contributed by atoms with Gasteiger partial charge in [-0.15, -0.1) is 0 Å². The van der Waals surface area contributed by atoms with Crippen LogP contribution in [0.4, 0.5) is 8.78 Å². The summed E-state index contributed by atoms with van der Waals surface area (Å²) >= 11 is 0. The van der Waals surface area contributed by atoms with E-state index in [1.165, 1.54) is 0 Å². The average molecular weight is 328 g/mol. The third-order valence-electron chi connectivity index (χ3n) is 4.35. The zero-order valence-electron chi connectivity index (χ0n) is 12.7. The van der Waals surface area contributed by atoms with Gasteiger partial charge in [0.25, 0.3) is 0 Å². The lowest BCUT2D eigenvalue weighted by Gasteiger charge is -2.12. The van der Waals surface area contributed by atoms with E-state index in [4.69, 9.17) is 0 Å². The molecule has 1 heterocycles. The maximum Gasteiger partial charge on any atom is 0.186 e. The predicted molar refractivity (Wildman–Crippen MR) is 86.0 cm³/mol. The summed E-state index contributed by atoms with van der Waals surface area (Å²) in [5.74, 6) is -3.00. The molecule has 0 radical (unpaired) electrons. The molecule has 0 aliphatic carbocycles. The molecule has 24 heavy (non-hydrogen) atoms. The Bertz CT molecular complexity index is 1110. The highest BCUT2D eigenvalue weighted by Crippen LogP contribution is 2.40. The summed E-state index contributed by atoms with van der Waals surface area (Å²) in [7, 11) is 0. The zero-order chi connectivity index (χ0) is 16.8. The van der Waals surface area contributed by atoms with Crippen LogP contribution in [0.2, 0.25) is 0 Å². The molecule has 0 unspecified atom stereocenters. The zero-order valence-corrected chi connectivity index (χ0v) is 12.7. The number of benzene rings is 3. The van der Waals surface area contributed by atoms with Gasteiger partial charge in [0.15, 0.2) is 11.6 Å². The van der Waals surface area contributed by atoms with Crippen LogP contribution in [0.25, 0.3) is 21.5 Å². The predicted octanol–water partition coefficient (Wildman–Crippen LogP) is 2.72. The largest absolute Gasteiger partial charge is 0.507 e. The lowest BCUT2D eigenvalue weighted by Crippen LogP contribution is -2.33. The van der Waals surface area contributed by atoms with Gasteiger partial charge < -0.3 is 10.2 Å². The van der Waals surface area contributed by atoms with Gasteiger partial charge in [0.1, 0.15) is 16.9 Å². The monoisotopic (exact) mass is 328 g/mol. The number of fused-ring (bicyclic) bond motifs is 4. The summed E-state index contributed by atoms with van der Waals surface area (Å²) in [5, 5.41) is 21.3. The second-order valence-electron chi connectivity index (χ2n) is 5.79. The first kappa shape index (κ1) is 14.8. The van der Waals surface area contributed by atoms with Gasteiger partial charge in [-0.25, -0.2) is 8.78 Å². The van der Waals surface area contributed by atoms with E-state index in [1.54, 1.807) is 24.3 Å². The molecule has 3 aromatic carbocycles. The van der Waals surface area contributed by atoms with E-state index in [-0.39, 0.29) is 32.6 Å². The molecule has 0 amide bonds. The minimum Gasteiger partial charge on any atom is -0.507 e. The fraction of sp³-hybridized carbons (Fsp3) is 0.222. The van der Waals surface area contributed by atoms with Crippen molar-refractivity contribution >= 4 is 21.5 Å². The highest BCUT2D eigenvalue weighted by Gasteiger charge is 2.23. The van der Waals surface area contributed by atoms with E-state index in [9.17, 15) is 19.0 Å². The Kier molecular flexibility index (Phi) is 3.33. The van der Waals surface area contributed by atoms with Crippen LogP contribution in [-0.4, -0.2) is 23.3 Å². The minimum absolute atomic E-state index is 0.00532. The highest BCUT2D eigenvalue weighted by atomic mass is 19.2. The summed E-state index contributed by atoms with van der Waals surface area (Å²) in [4.78, 5) is 8.42. The van der Waals surface area contributed by atoms with Crippen LogP contribution < -0.4 is 10.7 Å². The van der Waals surface area contributed by atoms with Gasteiger partial charge in [0, 0.05) is 23.9 Å². The molecule has 0 spiro atoms. The molecular formula is C18H14F2N2O2. The minimum atomic E-state index is -1.22. The average Bonchev–Trinajstić information content (AvgIpc) is 2.57. The van der Waals surface area contributed by atoms with Gasteiger partial charge in [-0.1, -0.05) is 24.3 Å². The first-order valence-electron chi connectivity index (χ1n) is 7.73. The van der Waals surface area contributed by atoms with E-state index in [0.29, 0.717) is 18.5 Å². The van der Waals surface area contributed by atoms with Gasteiger partial charge in [0.05, 0.1) is 16.1 Å². The van der Waals surface area contributed by atoms with E-state index < -0.39 is 17.4 Å². The van der Waals surface area contributed by atoms with Crippen molar-refractivity contribution in [3.63, 3.8) is 0 Å². The molecule has 0 bridgehead atoms. The third-order valence-corrected chi connectivity index (χ3v) is 4.35. The first-order chi connectivity index (χ1) is 11.6. The quantitative estimate of drug-likeness (QED) is 0.492. The number of hydrogen-bond acceptors (Lipinski definition) is 4. The molecule has 0 aromatic heterocycles. The Labute approximate surface area is 135 Å². The van der Waals surface area contributed by atoms with Crippen LogP contribution in [0.3, 0.4) is 0 Å². The van der Waals surface area contributed by atoms with E-state index >= 15 is 0 Å². The van der Waals surface area contributed by atoms with Crippen molar-refractivity contribution in [2.24, 2.45) is 9.98 Å². The molecule has 1 aliphatic heterocycles. The molecule has 0 saturated heterocycles. The van der Waals surface area contributed by atoms with Crippen LogP contribution in [0.5, 0.6) is 11.5 Å². The molecule has 1 aliphatic rings. The van der Waals surface area contributed by atoms with Crippen LogP contribution in [0, 0.1) is 11.6 Å². The molecule has 0 atom stereocenters. The van der Waals surface area contributed by atoms with Gasteiger partial charge in [-0.2, -0.15) is 0 Å². The Balaban J connectivity index is 2.38. The summed E-state index contributed by atoms with van der Waals surface area (Å²) in [6.07, 6.45) is 1.50. The van der Waals surface area contributed by atoms with Gasteiger partial charge in [-0.05, 0) is 12.8 Å². The second-order valence-corrected chi connectivity index (χ2v) is 5.79. The Morgan fingerprint density at radius 3 is 1.92 bits per heavy atom. The molecule has 3 aromatic rings. The number of phenols is 2. The van der Waals surface area contributed by atoms with Gasteiger partial charge in [-0.3, -0.25) is 9.98 Å². The van der Waals surface area contributed by atoms with Crippen LogP contribution in [-0.2, 0) is 0 Å². The molecule has 122 valence electrons.